The lowest BCUT2D eigenvalue weighted by atomic mass is 10.1. The zero-order valence-electron chi connectivity index (χ0n) is 9.61. The van der Waals surface area contributed by atoms with Crippen molar-refractivity contribution in [3.8, 4) is 17.2 Å². The Kier molecular flexibility index (Phi) is 2.95. The van der Waals surface area contributed by atoms with Gasteiger partial charge in [-0.2, -0.15) is 0 Å². The molecule has 2 N–H and O–H groups in total. The number of esters is 1. The molecule has 2 rings (SSSR count). The van der Waals surface area contributed by atoms with Crippen molar-refractivity contribution in [2.24, 2.45) is 0 Å². The molecule has 1 aliphatic heterocycles. The van der Waals surface area contributed by atoms with Crippen molar-refractivity contribution in [3.05, 3.63) is 11.6 Å². The standard InChI is InChI=1S/C11H13NO5/c1-14-10-8(12)6(11(13)15-2)5-7-9(10)17-4-3-16-7/h5H,3-4,12H2,1-2H3. The van der Waals surface area contributed by atoms with Gasteiger partial charge in [-0.25, -0.2) is 4.79 Å². The highest BCUT2D eigenvalue weighted by atomic mass is 16.6. The number of anilines is 1. The lowest BCUT2D eigenvalue weighted by molar-refractivity contribution is 0.0600. The molecule has 0 spiro atoms. The van der Waals surface area contributed by atoms with Crippen molar-refractivity contribution in [1.82, 2.24) is 0 Å². The molecule has 0 radical (unpaired) electrons. The number of hydrogen-bond donors (Lipinski definition) is 1. The number of hydrogen-bond acceptors (Lipinski definition) is 6. The third-order valence-electron chi connectivity index (χ3n) is 2.44. The van der Waals surface area contributed by atoms with Crippen LogP contribution in [0.2, 0.25) is 0 Å². The second kappa shape index (κ2) is 4.40. The molecular weight excluding hydrogens is 226 g/mol. The Morgan fingerprint density at radius 3 is 2.71 bits per heavy atom. The topological polar surface area (TPSA) is 80.0 Å². The predicted molar refractivity (Wildman–Crippen MR) is 59.7 cm³/mol. The van der Waals surface area contributed by atoms with Gasteiger partial charge >= 0.3 is 5.97 Å². The Morgan fingerprint density at radius 2 is 2.06 bits per heavy atom. The zero-order valence-corrected chi connectivity index (χ0v) is 9.61. The van der Waals surface area contributed by atoms with Crippen LogP contribution in [0.3, 0.4) is 0 Å². The van der Waals surface area contributed by atoms with E-state index in [-0.39, 0.29) is 11.3 Å². The van der Waals surface area contributed by atoms with E-state index in [9.17, 15) is 4.79 Å². The maximum absolute atomic E-state index is 11.5. The van der Waals surface area contributed by atoms with Crippen molar-refractivity contribution >= 4 is 11.7 Å². The van der Waals surface area contributed by atoms with E-state index in [1.54, 1.807) is 0 Å². The molecule has 92 valence electrons. The van der Waals surface area contributed by atoms with Gasteiger partial charge in [0.2, 0.25) is 5.75 Å². The number of ether oxygens (including phenoxy) is 4. The Bertz CT molecular complexity index is 458. The summed E-state index contributed by atoms with van der Waals surface area (Å²) in [7, 11) is 2.73. The number of nitrogens with two attached hydrogens (primary N) is 1. The second-order valence-corrected chi connectivity index (χ2v) is 3.39. The lowest BCUT2D eigenvalue weighted by Gasteiger charge is -2.22. The van der Waals surface area contributed by atoms with Gasteiger partial charge in [-0.05, 0) is 0 Å². The summed E-state index contributed by atoms with van der Waals surface area (Å²) >= 11 is 0. The number of rotatable bonds is 2. The Morgan fingerprint density at radius 1 is 1.35 bits per heavy atom. The summed E-state index contributed by atoms with van der Waals surface area (Å²) in [6.45, 7) is 0.834. The molecule has 0 saturated carbocycles. The van der Waals surface area contributed by atoms with Crippen LogP contribution in [-0.2, 0) is 4.74 Å². The quantitative estimate of drug-likeness (QED) is 0.608. The molecule has 6 heteroatoms. The zero-order chi connectivity index (χ0) is 12.4. The number of methoxy groups -OCH3 is 2. The van der Waals surface area contributed by atoms with Gasteiger partial charge in [0.15, 0.2) is 11.5 Å². The molecular formula is C11H13NO5. The number of carbonyl (C=O) groups excluding carboxylic acids is 1. The van der Waals surface area contributed by atoms with Crippen molar-refractivity contribution in [3.63, 3.8) is 0 Å². The first-order chi connectivity index (χ1) is 8.19. The molecule has 0 saturated heterocycles. The van der Waals surface area contributed by atoms with Crippen LogP contribution in [0, 0.1) is 0 Å². The smallest absolute Gasteiger partial charge is 0.340 e. The van der Waals surface area contributed by atoms with E-state index < -0.39 is 5.97 Å². The predicted octanol–water partition coefficient (Wildman–Crippen LogP) is 0.835. The summed E-state index contributed by atoms with van der Waals surface area (Å²) < 4.78 is 20.6. The van der Waals surface area contributed by atoms with Crippen LogP contribution in [0.1, 0.15) is 10.4 Å². The number of benzene rings is 1. The van der Waals surface area contributed by atoms with Crippen molar-refractivity contribution < 1.29 is 23.7 Å². The van der Waals surface area contributed by atoms with Crippen LogP contribution < -0.4 is 19.9 Å². The minimum absolute atomic E-state index is 0.184. The highest BCUT2D eigenvalue weighted by Crippen LogP contribution is 2.45. The molecule has 1 aliphatic rings. The van der Waals surface area contributed by atoms with Gasteiger partial charge in [0, 0.05) is 6.07 Å². The molecule has 0 fully saturated rings. The van der Waals surface area contributed by atoms with Crippen LogP contribution in [0.25, 0.3) is 0 Å². The SMILES string of the molecule is COC(=O)c1cc2c(c(OC)c1N)OCCO2. The van der Waals surface area contributed by atoms with Gasteiger partial charge in [-0.3, -0.25) is 0 Å². The average molecular weight is 239 g/mol. The Labute approximate surface area is 98.2 Å². The largest absolute Gasteiger partial charge is 0.491 e. The first-order valence-corrected chi connectivity index (χ1v) is 5.03. The highest BCUT2D eigenvalue weighted by molar-refractivity contribution is 5.98. The van der Waals surface area contributed by atoms with Crippen LogP contribution >= 0.6 is 0 Å². The molecule has 0 bridgehead atoms. The van der Waals surface area contributed by atoms with Crippen LogP contribution in [0.4, 0.5) is 5.69 Å². The van der Waals surface area contributed by atoms with Gasteiger partial charge in [0.25, 0.3) is 0 Å². The maximum Gasteiger partial charge on any atom is 0.340 e. The highest BCUT2D eigenvalue weighted by Gasteiger charge is 2.25. The lowest BCUT2D eigenvalue weighted by Crippen LogP contribution is -2.18. The molecule has 6 nitrogen and oxygen atoms in total. The van der Waals surface area contributed by atoms with Crippen molar-refractivity contribution in [2.45, 2.75) is 0 Å². The molecule has 0 amide bonds. The van der Waals surface area contributed by atoms with Crippen LogP contribution in [0.5, 0.6) is 17.2 Å². The molecule has 17 heavy (non-hydrogen) atoms. The summed E-state index contributed by atoms with van der Waals surface area (Å²) in [6.07, 6.45) is 0. The first-order valence-electron chi connectivity index (χ1n) is 5.03. The van der Waals surface area contributed by atoms with Crippen molar-refractivity contribution in [2.75, 3.05) is 33.2 Å². The monoisotopic (exact) mass is 239 g/mol. The van der Waals surface area contributed by atoms with Gasteiger partial charge < -0.3 is 24.7 Å². The summed E-state index contributed by atoms with van der Waals surface area (Å²) in [6, 6.07) is 1.50. The Hall–Kier alpha value is -2.11. The molecule has 0 atom stereocenters. The van der Waals surface area contributed by atoms with E-state index >= 15 is 0 Å². The van der Waals surface area contributed by atoms with Crippen molar-refractivity contribution in [1.29, 1.82) is 0 Å². The van der Waals surface area contributed by atoms with Gasteiger partial charge in [0.1, 0.15) is 13.2 Å². The summed E-state index contributed by atoms with van der Waals surface area (Å²) in [5, 5.41) is 0. The summed E-state index contributed by atoms with van der Waals surface area (Å²) in [4.78, 5) is 11.5. The number of fused-ring (bicyclic) bond motifs is 1. The van der Waals surface area contributed by atoms with Gasteiger partial charge in [-0.1, -0.05) is 0 Å². The minimum atomic E-state index is -0.544. The normalized spacial score (nSPS) is 13.1. The van der Waals surface area contributed by atoms with E-state index in [2.05, 4.69) is 4.74 Å². The van der Waals surface area contributed by atoms with Crippen LogP contribution in [0.15, 0.2) is 6.07 Å². The fraction of sp³-hybridized carbons (Fsp3) is 0.364. The fourth-order valence-electron chi connectivity index (χ4n) is 1.65. The Balaban J connectivity index is 2.60. The first kappa shape index (κ1) is 11.4. The molecule has 1 aromatic carbocycles. The minimum Gasteiger partial charge on any atom is -0.491 e. The van der Waals surface area contributed by atoms with Gasteiger partial charge in [0.05, 0.1) is 25.5 Å². The number of carbonyl (C=O) groups is 1. The maximum atomic E-state index is 11.5. The van der Waals surface area contributed by atoms with E-state index in [0.29, 0.717) is 30.5 Å². The summed E-state index contributed by atoms with van der Waals surface area (Å²) in [5.74, 6) is 0.604. The van der Waals surface area contributed by atoms with E-state index in [4.69, 9.17) is 19.9 Å². The van der Waals surface area contributed by atoms with E-state index in [1.165, 1.54) is 20.3 Å². The molecule has 1 heterocycles. The van der Waals surface area contributed by atoms with E-state index in [0.717, 1.165) is 0 Å². The molecule has 1 aromatic rings. The third kappa shape index (κ3) is 1.82. The molecule has 0 aliphatic carbocycles. The number of nitrogen functional groups attached to an aromatic ring is 1. The van der Waals surface area contributed by atoms with E-state index in [1.807, 2.05) is 0 Å². The molecule has 0 aromatic heterocycles. The summed E-state index contributed by atoms with van der Waals surface area (Å²) in [5.41, 5.74) is 6.22. The second-order valence-electron chi connectivity index (χ2n) is 3.39. The third-order valence-corrected chi connectivity index (χ3v) is 2.44. The molecule has 0 unspecified atom stereocenters. The van der Waals surface area contributed by atoms with Crippen LogP contribution in [-0.4, -0.2) is 33.4 Å². The average Bonchev–Trinajstić information content (AvgIpc) is 2.37. The van der Waals surface area contributed by atoms with Gasteiger partial charge in [-0.15, -0.1) is 0 Å². The fourth-order valence-corrected chi connectivity index (χ4v) is 1.65.